The van der Waals surface area contributed by atoms with Crippen LogP contribution >= 0.6 is 0 Å². The summed E-state index contributed by atoms with van der Waals surface area (Å²) in [5.74, 6) is 0.452. The molecule has 0 aromatic rings. The summed E-state index contributed by atoms with van der Waals surface area (Å²) in [4.78, 5) is 17.1. The quantitative estimate of drug-likeness (QED) is 0.760. The summed E-state index contributed by atoms with van der Waals surface area (Å²) >= 11 is 0. The third kappa shape index (κ3) is 3.09. The molecule has 2 atom stereocenters. The van der Waals surface area contributed by atoms with Gasteiger partial charge in [0.05, 0.1) is 12.5 Å². The number of likely N-dealkylation sites (tertiary alicyclic amines) is 1. The zero-order valence-corrected chi connectivity index (χ0v) is 11.6. The van der Waals surface area contributed by atoms with E-state index in [4.69, 9.17) is 4.74 Å². The molecule has 3 aliphatic rings. The Morgan fingerprint density at radius 3 is 2.74 bits per heavy atom. The lowest BCUT2D eigenvalue weighted by Crippen LogP contribution is -2.49. The maximum Gasteiger partial charge on any atom is 0.228 e. The van der Waals surface area contributed by atoms with Crippen LogP contribution in [0.1, 0.15) is 19.3 Å². The van der Waals surface area contributed by atoms with Gasteiger partial charge in [-0.05, 0) is 19.3 Å². The zero-order valence-electron chi connectivity index (χ0n) is 11.6. The molecule has 5 nitrogen and oxygen atoms in total. The Kier molecular flexibility index (Phi) is 4.35. The van der Waals surface area contributed by atoms with Crippen molar-refractivity contribution >= 4 is 5.91 Å². The van der Waals surface area contributed by atoms with Crippen LogP contribution in [0.15, 0.2) is 0 Å². The topological polar surface area (TPSA) is 44.8 Å². The second-order valence-corrected chi connectivity index (χ2v) is 5.93. The van der Waals surface area contributed by atoms with Crippen LogP contribution in [-0.2, 0) is 9.53 Å². The first-order valence-corrected chi connectivity index (χ1v) is 7.66. The van der Waals surface area contributed by atoms with E-state index in [2.05, 4.69) is 15.1 Å². The largest absolute Gasteiger partial charge is 0.381 e. The van der Waals surface area contributed by atoms with Gasteiger partial charge in [0.1, 0.15) is 0 Å². The summed E-state index contributed by atoms with van der Waals surface area (Å²) in [6, 6.07) is 0.579. The molecule has 0 aromatic carbocycles. The number of carbonyl (C=O) groups excluding carboxylic acids is 1. The number of piperazine rings is 1. The van der Waals surface area contributed by atoms with Crippen LogP contribution < -0.4 is 5.32 Å². The summed E-state index contributed by atoms with van der Waals surface area (Å²) in [5.41, 5.74) is 0. The van der Waals surface area contributed by atoms with Crippen molar-refractivity contribution in [1.29, 1.82) is 0 Å². The van der Waals surface area contributed by atoms with Crippen molar-refractivity contribution in [2.75, 3.05) is 52.5 Å². The Labute approximate surface area is 115 Å². The number of nitrogens with one attached hydrogen (secondary N) is 1. The van der Waals surface area contributed by atoms with E-state index in [0.29, 0.717) is 18.6 Å². The Morgan fingerprint density at radius 1 is 1.16 bits per heavy atom. The molecule has 0 radical (unpaired) electrons. The molecule has 3 rings (SSSR count). The summed E-state index contributed by atoms with van der Waals surface area (Å²) in [5, 5.41) is 3.39. The van der Waals surface area contributed by atoms with Crippen LogP contribution in [0.5, 0.6) is 0 Å². The van der Waals surface area contributed by atoms with Crippen LogP contribution in [0.3, 0.4) is 0 Å². The van der Waals surface area contributed by atoms with E-state index in [1.807, 2.05) is 0 Å². The average molecular weight is 267 g/mol. The van der Waals surface area contributed by atoms with E-state index in [0.717, 1.165) is 65.1 Å². The first-order chi connectivity index (χ1) is 9.34. The van der Waals surface area contributed by atoms with Gasteiger partial charge in [0, 0.05) is 51.9 Å². The van der Waals surface area contributed by atoms with E-state index in [1.54, 1.807) is 0 Å². The van der Waals surface area contributed by atoms with Gasteiger partial charge in [0.15, 0.2) is 0 Å². The molecule has 19 heavy (non-hydrogen) atoms. The minimum atomic E-state index is 0.121. The molecule has 0 bridgehead atoms. The van der Waals surface area contributed by atoms with Gasteiger partial charge in [0.2, 0.25) is 5.91 Å². The van der Waals surface area contributed by atoms with Crippen molar-refractivity contribution in [1.82, 2.24) is 15.1 Å². The van der Waals surface area contributed by atoms with Crippen molar-refractivity contribution in [2.45, 2.75) is 25.3 Å². The predicted octanol–water partition coefficient (Wildman–Crippen LogP) is -0.0809. The second-order valence-electron chi connectivity index (χ2n) is 5.93. The van der Waals surface area contributed by atoms with Crippen molar-refractivity contribution in [3.05, 3.63) is 0 Å². The predicted molar refractivity (Wildman–Crippen MR) is 73.0 cm³/mol. The number of amides is 1. The Hall–Kier alpha value is -0.650. The van der Waals surface area contributed by atoms with Gasteiger partial charge in [-0.3, -0.25) is 9.69 Å². The molecule has 1 amide bonds. The highest BCUT2D eigenvalue weighted by atomic mass is 16.5. The third-order valence-corrected chi connectivity index (χ3v) is 4.65. The van der Waals surface area contributed by atoms with Crippen LogP contribution in [0, 0.1) is 5.92 Å². The van der Waals surface area contributed by atoms with E-state index in [1.165, 1.54) is 0 Å². The molecule has 108 valence electrons. The third-order valence-electron chi connectivity index (χ3n) is 4.65. The van der Waals surface area contributed by atoms with E-state index in [-0.39, 0.29) is 5.92 Å². The Bertz CT molecular complexity index is 312. The molecular formula is C14H25N3O2. The lowest BCUT2D eigenvalue weighted by Gasteiger charge is -2.33. The van der Waals surface area contributed by atoms with Crippen LogP contribution in [0.4, 0.5) is 0 Å². The summed E-state index contributed by atoms with van der Waals surface area (Å²) < 4.78 is 5.44. The number of rotatable bonds is 2. The standard InChI is InChI=1S/C14H25N3O2/c18-14(12-2-1-9-19-11-12)17-6-3-13(10-17)16-7-4-15-5-8-16/h12-13,15H,1-11H2. The molecule has 3 aliphatic heterocycles. The average Bonchev–Trinajstić information content (AvgIpc) is 2.98. The second kappa shape index (κ2) is 6.20. The van der Waals surface area contributed by atoms with Crippen LogP contribution in [0.2, 0.25) is 0 Å². The molecule has 0 saturated carbocycles. The maximum atomic E-state index is 12.4. The molecule has 0 aliphatic carbocycles. The van der Waals surface area contributed by atoms with Gasteiger partial charge in [0.25, 0.3) is 0 Å². The van der Waals surface area contributed by atoms with Gasteiger partial charge in [-0.1, -0.05) is 0 Å². The monoisotopic (exact) mass is 267 g/mol. The molecule has 3 heterocycles. The Morgan fingerprint density at radius 2 is 2.00 bits per heavy atom. The highest BCUT2D eigenvalue weighted by Crippen LogP contribution is 2.22. The number of ether oxygens (including phenoxy) is 1. The highest BCUT2D eigenvalue weighted by molar-refractivity contribution is 5.79. The van der Waals surface area contributed by atoms with E-state index in [9.17, 15) is 4.79 Å². The summed E-state index contributed by atoms with van der Waals surface area (Å²) in [7, 11) is 0. The van der Waals surface area contributed by atoms with Crippen molar-refractivity contribution in [3.8, 4) is 0 Å². The number of hydrogen-bond donors (Lipinski definition) is 1. The summed E-state index contributed by atoms with van der Waals surface area (Å²) in [6.07, 6.45) is 3.18. The molecule has 2 unspecified atom stereocenters. The Balaban J connectivity index is 1.51. The fourth-order valence-electron chi connectivity index (χ4n) is 3.48. The van der Waals surface area contributed by atoms with Crippen molar-refractivity contribution in [2.24, 2.45) is 5.92 Å². The minimum Gasteiger partial charge on any atom is -0.381 e. The molecule has 3 saturated heterocycles. The minimum absolute atomic E-state index is 0.121. The fraction of sp³-hybridized carbons (Fsp3) is 0.929. The zero-order chi connectivity index (χ0) is 13.1. The lowest BCUT2D eigenvalue weighted by atomic mass is 10.0. The number of nitrogens with zero attached hydrogens (tertiary/aromatic N) is 2. The SMILES string of the molecule is O=C(C1CCCOC1)N1CCC(N2CCNCC2)C1. The van der Waals surface area contributed by atoms with Crippen LogP contribution in [0.25, 0.3) is 0 Å². The molecule has 0 aromatic heterocycles. The maximum absolute atomic E-state index is 12.4. The first-order valence-electron chi connectivity index (χ1n) is 7.66. The first kappa shape index (κ1) is 13.3. The lowest BCUT2D eigenvalue weighted by molar-refractivity contribution is -0.138. The van der Waals surface area contributed by atoms with Crippen molar-refractivity contribution < 1.29 is 9.53 Å². The number of carbonyl (C=O) groups is 1. The molecule has 1 N–H and O–H groups in total. The van der Waals surface area contributed by atoms with Gasteiger partial charge in [-0.2, -0.15) is 0 Å². The molecular weight excluding hydrogens is 242 g/mol. The van der Waals surface area contributed by atoms with Gasteiger partial charge >= 0.3 is 0 Å². The van der Waals surface area contributed by atoms with Gasteiger partial charge in [-0.25, -0.2) is 0 Å². The summed E-state index contributed by atoms with van der Waals surface area (Å²) in [6.45, 7) is 7.74. The normalized spacial score (nSPS) is 33.6. The number of hydrogen-bond acceptors (Lipinski definition) is 4. The fourth-order valence-corrected chi connectivity index (χ4v) is 3.48. The van der Waals surface area contributed by atoms with Gasteiger partial charge in [-0.15, -0.1) is 0 Å². The van der Waals surface area contributed by atoms with E-state index >= 15 is 0 Å². The molecule has 0 spiro atoms. The van der Waals surface area contributed by atoms with Crippen LogP contribution in [-0.4, -0.2) is 74.2 Å². The van der Waals surface area contributed by atoms with E-state index < -0.39 is 0 Å². The van der Waals surface area contributed by atoms with Crippen molar-refractivity contribution in [3.63, 3.8) is 0 Å². The molecule has 5 heteroatoms. The highest BCUT2D eigenvalue weighted by Gasteiger charge is 2.34. The van der Waals surface area contributed by atoms with Gasteiger partial charge < -0.3 is 15.0 Å². The molecule has 3 fully saturated rings. The smallest absolute Gasteiger partial charge is 0.228 e.